The largest absolute Gasteiger partial charge is 0.379 e. The summed E-state index contributed by atoms with van der Waals surface area (Å²) in [5, 5.41) is 2.79. The van der Waals surface area contributed by atoms with Gasteiger partial charge in [0.25, 0.3) is 5.92 Å². The fourth-order valence-corrected chi connectivity index (χ4v) is 1.73. The molecule has 0 aliphatic carbocycles. The van der Waals surface area contributed by atoms with Crippen molar-refractivity contribution in [3.8, 4) is 0 Å². The van der Waals surface area contributed by atoms with Crippen molar-refractivity contribution in [1.82, 2.24) is 0 Å². The van der Waals surface area contributed by atoms with Gasteiger partial charge in [0.2, 0.25) is 0 Å². The maximum atomic E-state index is 13.1. The molecule has 0 saturated carbocycles. The number of halogens is 2. The Balaban J connectivity index is 2.30. The lowest BCUT2D eigenvalue weighted by atomic mass is 10.0. The second-order valence-electron chi connectivity index (χ2n) is 3.87. The van der Waals surface area contributed by atoms with Gasteiger partial charge in [-0.15, -0.1) is 0 Å². The molecular formula is C11H13F2N. The molecular weight excluding hydrogens is 184 g/mol. The minimum absolute atomic E-state index is 0.0591. The van der Waals surface area contributed by atoms with E-state index in [9.17, 15) is 8.78 Å². The van der Waals surface area contributed by atoms with Crippen molar-refractivity contribution >= 4 is 5.69 Å². The fraction of sp³-hybridized carbons (Fsp3) is 0.455. The topological polar surface area (TPSA) is 12.0 Å². The summed E-state index contributed by atoms with van der Waals surface area (Å²) in [5.74, 6) is -2.58. The van der Waals surface area contributed by atoms with Crippen molar-refractivity contribution in [3.63, 3.8) is 0 Å². The summed E-state index contributed by atoms with van der Waals surface area (Å²) in [6.07, 6.45) is 0.396. The molecule has 0 saturated heterocycles. The van der Waals surface area contributed by atoms with E-state index in [1.165, 1.54) is 0 Å². The lowest BCUT2D eigenvalue weighted by molar-refractivity contribution is 0.00842. The zero-order chi connectivity index (χ0) is 10.2. The molecule has 1 nitrogen and oxygen atoms in total. The van der Waals surface area contributed by atoms with Crippen LogP contribution < -0.4 is 5.32 Å². The summed E-state index contributed by atoms with van der Waals surface area (Å²) in [4.78, 5) is 0. The first-order valence-electron chi connectivity index (χ1n) is 4.78. The van der Waals surface area contributed by atoms with Gasteiger partial charge in [-0.1, -0.05) is 17.7 Å². The molecule has 1 N–H and O–H groups in total. The van der Waals surface area contributed by atoms with E-state index in [4.69, 9.17) is 0 Å². The van der Waals surface area contributed by atoms with Crippen LogP contribution in [0.15, 0.2) is 18.2 Å². The molecule has 76 valence electrons. The van der Waals surface area contributed by atoms with E-state index in [-0.39, 0.29) is 13.0 Å². The zero-order valence-electron chi connectivity index (χ0n) is 8.11. The van der Waals surface area contributed by atoms with Crippen LogP contribution in [0.1, 0.15) is 17.5 Å². The van der Waals surface area contributed by atoms with Crippen molar-refractivity contribution in [2.24, 2.45) is 0 Å². The number of aryl methyl sites for hydroxylation is 2. The molecule has 0 fully saturated rings. The van der Waals surface area contributed by atoms with Crippen molar-refractivity contribution in [2.45, 2.75) is 25.7 Å². The van der Waals surface area contributed by atoms with Gasteiger partial charge in [-0.25, -0.2) is 8.78 Å². The molecule has 1 aromatic rings. The summed E-state index contributed by atoms with van der Waals surface area (Å²) in [6.45, 7) is 1.73. The van der Waals surface area contributed by atoms with E-state index < -0.39 is 5.92 Å². The second kappa shape index (κ2) is 3.23. The van der Waals surface area contributed by atoms with Crippen LogP contribution in [0.2, 0.25) is 0 Å². The van der Waals surface area contributed by atoms with E-state index >= 15 is 0 Å². The van der Waals surface area contributed by atoms with Gasteiger partial charge < -0.3 is 5.32 Å². The van der Waals surface area contributed by atoms with Crippen molar-refractivity contribution in [1.29, 1.82) is 0 Å². The third kappa shape index (κ3) is 1.86. The second-order valence-corrected chi connectivity index (χ2v) is 3.87. The Bertz CT molecular complexity index is 347. The van der Waals surface area contributed by atoms with Crippen LogP contribution in [-0.4, -0.2) is 12.5 Å². The maximum Gasteiger partial charge on any atom is 0.265 e. The Kier molecular flexibility index (Phi) is 2.17. The number of hydrogen-bond acceptors (Lipinski definition) is 1. The van der Waals surface area contributed by atoms with Crippen molar-refractivity contribution in [3.05, 3.63) is 29.3 Å². The first-order valence-corrected chi connectivity index (χ1v) is 4.78. The van der Waals surface area contributed by atoms with E-state index in [0.29, 0.717) is 6.42 Å². The monoisotopic (exact) mass is 197 g/mol. The molecule has 0 radical (unpaired) electrons. The van der Waals surface area contributed by atoms with Gasteiger partial charge in [0, 0.05) is 12.1 Å². The highest BCUT2D eigenvalue weighted by molar-refractivity contribution is 5.53. The quantitative estimate of drug-likeness (QED) is 0.674. The third-order valence-electron chi connectivity index (χ3n) is 2.56. The molecule has 3 heteroatoms. The fourth-order valence-electron chi connectivity index (χ4n) is 1.73. The van der Waals surface area contributed by atoms with Gasteiger partial charge >= 0.3 is 0 Å². The average molecular weight is 197 g/mol. The first kappa shape index (κ1) is 9.44. The highest BCUT2D eigenvalue weighted by Gasteiger charge is 2.30. The average Bonchev–Trinajstić information content (AvgIpc) is 2.26. The molecule has 0 bridgehead atoms. The zero-order valence-corrected chi connectivity index (χ0v) is 8.11. The Hall–Kier alpha value is -1.12. The molecule has 1 heterocycles. The van der Waals surface area contributed by atoms with Gasteiger partial charge in [-0.3, -0.25) is 0 Å². The van der Waals surface area contributed by atoms with Crippen LogP contribution in [0.5, 0.6) is 0 Å². The number of alkyl halides is 2. The van der Waals surface area contributed by atoms with E-state index in [1.54, 1.807) is 0 Å². The molecule has 0 spiro atoms. The lowest BCUT2D eigenvalue weighted by Gasteiger charge is -2.12. The number of anilines is 1. The van der Waals surface area contributed by atoms with E-state index in [2.05, 4.69) is 5.32 Å². The van der Waals surface area contributed by atoms with Gasteiger partial charge in [0.15, 0.2) is 0 Å². The standard InChI is InChI=1S/C11H13F2N/c1-8-2-3-10-9(6-8)4-5-11(12,13)7-14-10/h2-3,6,14H,4-5,7H2,1H3. The smallest absolute Gasteiger partial charge is 0.265 e. The summed E-state index contributed by atoms with van der Waals surface area (Å²) < 4.78 is 26.1. The van der Waals surface area contributed by atoms with Crippen LogP contribution in [0.3, 0.4) is 0 Å². The minimum atomic E-state index is -2.58. The Morgan fingerprint density at radius 2 is 2.14 bits per heavy atom. The number of fused-ring (bicyclic) bond motifs is 1. The van der Waals surface area contributed by atoms with Crippen LogP contribution in [0, 0.1) is 6.92 Å². The summed E-state index contributed by atoms with van der Waals surface area (Å²) in [7, 11) is 0. The number of hydrogen-bond donors (Lipinski definition) is 1. The molecule has 14 heavy (non-hydrogen) atoms. The summed E-state index contributed by atoms with van der Waals surface area (Å²) in [5.41, 5.74) is 2.98. The highest BCUT2D eigenvalue weighted by Crippen LogP contribution is 2.29. The van der Waals surface area contributed by atoms with Crippen molar-refractivity contribution < 1.29 is 8.78 Å². The molecule has 1 aromatic carbocycles. The normalized spacial score (nSPS) is 19.4. The van der Waals surface area contributed by atoms with Gasteiger partial charge in [0.1, 0.15) is 0 Å². The highest BCUT2D eigenvalue weighted by atomic mass is 19.3. The third-order valence-corrected chi connectivity index (χ3v) is 2.56. The molecule has 1 aliphatic rings. The molecule has 1 aliphatic heterocycles. The maximum absolute atomic E-state index is 13.1. The van der Waals surface area contributed by atoms with Crippen LogP contribution in [-0.2, 0) is 6.42 Å². The minimum Gasteiger partial charge on any atom is -0.379 e. The van der Waals surface area contributed by atoms with Crippen LogP contribution >= 0.6 is 0 Å². The van der Waals surface area contributed by atoms with E-state index in [0.717, 1.165) is 16.8 Å². The van der Waals surface area contributed by atoms with Gasteiger partial charge in [-0.2, -0.15) is 0 Å². The summed E-state index contributed by atoms with van der Waals surface area (Å²) >= 11 is 0. The van der Waals surface area contributed by atoms with Crippen LogP contribution in [0.4, 0.5) is 14.5 Å². The van der Waals surface area contributed by atoms with Gasteiger partial charge in [0.05, 0.1) is 6.54 Å². The summed E-state index contributed by atoms with van der Waals surface area (Å²) in [6, 6.07) is 5.80. The number of benzene rings is 1. The number of rotatable bonds is 0. The molecule has 0 unspecified atom stereocenters. The van der Waals surface area contributed by atoms with Gasteiger partial charge in [-0.05, 0) is 25.0 Å². The Morgan fingerprint density at radius 1 is 1.36 bits per heavy atom. The lowest BCUT2D eigenvalue weighted by Crippen LogP contribution is -2.25. The first-order chi connectivity index (χ1) is 6.57. The molecule has 2 rings (SSSR count). The predicted octanol–water partition coefficient (Wildman–Crippen LogP) is 2.99. The predicted molar refractivity (Wildman–Crippen MR) is 52.9 cm³/mol. The molecule has 0 amide bonds. The Labute approximate surface area is 82.1 Å². The van der Waals surface area contributed by atoms with Crippen LogP contribution in [0.25, 0.3) is 0 Å². The van der Waals surface area contributed by atoms with Crippen molar-refractivity contribution in [2.75, 3.05) is 11.9 Å². The number of nitrogens with one attached hydrogen (secondary N) is 1. The molecule has 0 aromatic heterocycles. The molecule has 0 atom stereocenters. The van der Waals surface area contributed by atoms with E-state index in [1.807, 2.05) is 25.1 Å². The SMILES string of the molecule is Cc1ccc2c(c1)CCC(F)(F)CN2. The Morgan fingerprint density at radius 3 is 2.93 bits per heavy atom.